The van der Waals surface area contributed by atoms with Crippen molar-refractivity contribution in [2.75, 3.05) is 7.05 Å². The van der Waals surface area contributed by atoms with Gasteiger partial charge in [0.15, 0.2) is 5.69 Å². The van der Waals surface area contributed by atoms with Gasteiger partial charge < -0.3 is 15.1 Å². The Kier molecular flexibility index (Phi) is 5.13. The maximum absolute atomic E-state index is 13.3. The van der Waals surface area contributed by atoms with E-state index in [1.807, 2.05) is 0 Å². The minimum absolute atomic E-state index is 0.0271. The first kappa shape index (κ1) is 22.4. The number of likely N-dealkylation sites (N-methyl/N-ethyl adjacent to an activating group) is 1. The van der Waals surface area contributed by atoms with Crippen molar-refractivity contribution in [2.45, 2.75) is 56.8 Å². The molecule has 12 heteroatoms. The van der Waals surface area contributed by atoms with Gasteiger partial charge in [0.05, 0.1) is 11.9 Å². The van der Waals surface area contributed by atoms with Gasteiger partial charge in [-0.2, -0.15) is 0 Å². The molecule has 1 aliphatic carbocycles. The fraction of sp³-hybridized carbons (Fsp3) is 0.458. The van der Waals surface area contributed by atoms with Crippen molar-refractivity contribution in [3.8, 4) is 5.69 Å². The van der Waals surface area contributed by atoms with Crippen LogP contribution in [0.1, 0.15) is 58.5 Å². The molecule has 186 valence electrons. The summed E-state index contributed by atoms with van der Waals surface area (Å²) in [6.45, 7) is 0.236. The molecule has 2 aromatic rings. The zero-order valence-electron chi connectivity index (χ0n) is 19.6. The third-order valence-electron chi connectivity index (χ3n) is 7.82. The molecule has 6 rings (SSSR count). The van der Waals surface area contributed by atoms with Crippen LogP contribution in [0.4, 0.5) is 0 Å². The van der Waals surface area contributed by atoms with Crippen LogP contribution in [-0.4, -0.2) is 79.5 Å². The zero-order valence-corrected chi connectivity index (χ0v) is 19.6. The van der Waals surface area contributed by atoms with Gasteiger partial charge in [0.25, 0.3) is 11.8 Å². The minimum atomic E-state index is -0.689. The molecule has 2 bridgehead atoms. The van der Waals surface area contributed by atoms with Gasteiger partial charge in [0.1, 0.15) is 12.1 Å². The Morgan fingerprint density at radius 2 is 1.97 bits per heavy atom. The van der Waals surface area contributed by atoms with Crippen LogP contribution in [0.2, 0.25) is 0 Å². The molecule has 0 radical (unpaired) electrons. The number of hydrogen-bond acceptors (Lipinski definition) is 7. The smallest absolute Gasteiger partial charge is 0.276 e. The fourth-order valence-electron chi connectivity index (χ4n) is 6.09. The molecule has 1 saturated carbocycles. The number of benzene rings is 1. The second-order valence-corrected chi connectivity index (χ2v) is 9.79. The molecule has 4 heterocycles. The first-order chi connectivity index (χ1) is 17.4. The Labute approximate surface area is 206 Å². The molecule has 36 heavy (non-hydrogen) atoms. The van der Waals surface area contributed by atoms with E-state index < -0.39 is 18.0 Å². The number of aromatic nitrogens is 3. The number of piperidine rings is 2. The zero-order chi connectivity index (χ0) is 25.1. The quantitative estimate of drug-likeness (QED) is 0.562. The van der Waals surface area contributed by atoms with Gasteiger partial charge in [-0.05, 0) is 55.4 Å². The standard InChI is InChI=1S/C24H25N7O5/c1-25-22(34)20-12-2-3-15(8-12)31(20)24(36)17-11-30(28-27-17)14-4-5-16-13(9-14)10-29(23(16)35)18-6-7-19(32)26-21(18)33/h4-5,9,11-12,15,18,20H,2-3,6-8,10H2,1H3,(H,25,34)(H,26,32,33)/t12-,15+,18?,20-/m0/s1. The summed E-state index contributed by atoms with van der Waals surface area (Å²) in [5, 5.41) is 13.2. The third-order valence-corrected chi connectivity index (χ3v) is 7.82. The number of amides is 5. The van der Waals surface area contributed by atoms with Crippen LogP contribution in [0.25, 0.3) is 5.69 Å². The van der Waals surface area contributed by atoms with E-state index in [9.17, 15) is 24.0 Å². The molecule has 1 unspecified atom stereocenters. The van der Waals surface area contributed by atoms with Crippen LogP contribution in [0.3, 0.4) is 0 Å². The molecule has 12 nitrogen and oxygen atoms in total. The van der Waals surface area contributed by atoms with Crippen LogP contribution >= 0.6 is 0 Å². The molecule has 1 aromatic carbocycles. The highest BCUT2D eigenvalue weighted by Crippen LogP contribution is 2.43. The topological polar surface area (TPSA) is 147 Å². The number of imide groups is 1. The SMILES string of the molecule is CNC(=O)[C@@H]1[C@H]2CC[C@H](C2)N1C(=O)c1cn(-c2ccc3c(c2)CN(C2CCC(=O)NC2=O)C3=O)nn1. The van der Waals surface area contributed by atoms with Crippen molar-refractivity contribution < 1.29 is 24.0 Å². The molecular formula is C24H25N7O5. The molecule has 3 aliphatic heterocycles. The predicted octanol–water partition coefficient (Wildman–Crippen LogP) is -0.233. The molecule has 2 saturated heterocycles. The van der Waals surface area contributed by atoms with Crippen LogP contribution in [0.15, 0.2) is 24.4 Å². The first-order valence-corrected chi connectivity index (χ1v) is 12.1. The fourth-order valence-corrected chi connectivity index (χ4v) is 6.09. The number of carbonyl (C=O) groups excluding carboxylic acids is 5. The Hall–Kier alpha value is -4.09. The van der Waals surface area contributed by atoms with E-state index in [0.29, 0.717) is 17.7 Å². The summed E-state index contributed by atoms with van der Waals surface area (Å²) in [6, 6.07) is 4.01. The Bertz CT molecular complexity index is 1320. The van der Waals surface area contributed by atoms with E-state index in [0.717, 1.165) is 24.8 Å². The Balaban J connectivity index is 1.22. The lowest BCUT2D eigenvalue weighted by atomic mass is 9.97. The van der Waals surface area contributed by atoms with Crippen molar-refractivity contribution in [3.63, 3.8) is 0 Å². The summed E-state index contributed by atoms with van der Waals surface area (Å²) in [6.07, 6.45) is 4.65. The van der Waals surface area contributed by atoms with Crippen molar-refractivity contribution in [1.82, 2.24) is 35.4 Å². The maximum atomic E-state index is 13.3. The summed E-state index contributed by atoms with van der Waals surface area (Å²) in [5.74, 6) is -1.37. The van der Waals surface area contributed by atoms with E-state index in [1.165, 1.54) is 15.8 Å². The number of rotatable bonds is 4. The van der Waals surface area contributed by atoms with Crippen molar-refractivity contribution in [3.05, 3.63) is 41.2 Å². The van der Waals surface area contributed by atoms with Gasteiger partial charge in [-0.15, -0.1) is 5.10 Å². The lowest BCUT2D eigenvalue weighted by molar-refractivity contribution is -0.137. The molecule has 2 N–H and O–H groups in total. The number of hydrogen-bond donors (Lipinski definition) is 2. The number of likely N-dealkylation sites (tertiary alicyclic amines) is 1. The van der Waals surface area contributed by atoms with Crippen molar-refractivity contribution in [1.29, 1.82) is 0 Å². The highest BCUT2D eigenvalue weighted by atomic mass is 16.2. The second-order valence-electron chi connectivity index (χ2n) is 9.79. The van der Waals surface area contributed by atoms with Crippen LogP contribution < -0.4 is 10.6 Å². The highest BCUT2D eigenvalue weighted by molar-refractivity contribution is 6.05. The van der Waals surface area contributed by atoms with Crippen molar-refractivity contribution >= 4 is 29.5 Å². The average molecular weight is 492 g/mol. The lowest BCUT2D eigenvalue weighted by Crippen LogP contribution is -2.52. The number of fused-ring (bicyclic) bond motifs is 3. The van der Waals surface area contributed by atoms with Gasteiger partial charge in [0, 0.05) is 31.6 Å². The summed E-state index contributed by atoms with van der Waals surface area (Å²) in [5.41, 5.74) is 1.98. The van der Waals surface area contributed by atoms with E-state index in [4.69, 9.17) is 0 Å². The monoisotopic (exact) mass is 491 g/mol. The number of nitrogens with zero attached hydrogens (tertiary/aromatic N) is 5. The number of carbonyl (C=O) groups is 5. The molecule has 4 atom stereocenters. The van der Waals surface area contributed by atoms with Crippen LogP contribution in [-0.2, 0) is 20.9 Å². The van der Waals surface area contributed by atoms with Crippen molar-refractivity contribution in [2.24, 2.45) is 5.92 Å². The van der Waals surface area contributed by atoms with Gasteiger partial charge in [0.2, 0.25) is 17.7 Å². The summed E-state index contributed by atoms with van der Waals surface area (Å²) >= 11 is 0. The van der Waals surface area contributed by atoms with E-state index in [2.05, 4.69) is 20.9 Å². The molecule has 4 aliphatic rings. The highest BCUT2D eigenvalue weighted by Gasteiger charge is 2.51. The summed E-state index contributed by atoms with van der Waals surface area (Å²) < 4.78 is 1.47. The second kappa shape index (κ2) is 8.25. The molecule has 5 amide bonds. The molecular weight excluding hydrogens is 466 g/mol. The minimum Gasteiger partial charge on any atom is -0.357 e. The predicted molar refractivity (Wildman–Crippen MR) is 123 cm³/mol. The lowest BCUT2D eigenvalue weighted by Gasteiger charge is -2.33. The summed E-state index contributed by atoms with van der Waals surface area (Å²) in [7, 11) is 1.58. The third kappa shape index (κ3) is 3.39. The number of nitrogens with one attached hydrogen (secondary N) is 2. The Morgan fingerprint density at radius 1 is 1.14 bits per heavy atom. The largest absolute Gasteiger partial charge is 0.357 e. The first-order valence-electron chi connectivity index (χ1n) is 12.1. The van der Waals surface area contributed by atoms with Gasteiger partial charge in [-0.25, -0.2) is 4.68 Å². The van der Waals surface area contributed by atoms with Gasteiger partial charge >= 0.3 is 0 Å². The van der Waals surface area contributed by atoms with E-state index >= 15 is 0 Å². The van der Waals surface area contributed by atoms with E-state index in [1.54, 1.807) is 30.1 Å². The molecule has 1 aromatic heterocycles. The summed E-state index contributed by atoms with van der Waals surface area (Å²) in [4.78, 5) is 65.6. The molecule has 3 fully saturated rings. The van der Waals surface area contributed by atoms with Gasteiger partial charge in [-0.1, -0.05) is 5.21 Å². The van der Waals surface area contributed by atoms with Crippen LogP contribution in [0, 0.1) is 5.92 Å². The average Bonchev–Trinajstić information content (AvgIpc) is 3.66. The maximum Gasteiger partial charge on any atom is 0.276 e. The van der Waals surface area contributed by atoms with Crippen LogP contribution in [0.5, 0.6) is 0 Å². The normalized spacial score (nSPS) is 26.9. The van der Waals surface area contributed by atoms with E-state index in [-0.39, 0.29) is 54.2 Å². The Morgan fingerprint density at radius 3 is 2.75 bits per heavy atom. The molecule has 0 spiro atoms. The van der Waals surface area contributed by atoms with Gasteiger partial charge in [-0.3, -0.25) is 29.3 Å².